The Morgan fingerprint density at radius 2 is 2.18 bits per heavy atom. The van der Waals surface area contributed by atoms with E-state index in [1.54, 1.807) is 6.92 Å². The fourth-order valence-electron chi connectivity index (χ4n) is 1.72. The van der Waals surface area contributed by atoms with Crippen LogP contribution in [0.25, 0.3) is 0 Å². The second-order valence-electron chi connectivity index (χ2n) is 3.54. The van der Waals surface area contributed by atoms with Crippen LogP contribution < -0.4 is 0 Å². The van der Waals surface area contributed by atoms with Gasteiger partial charge in [-0.25, -0.2) is 8.78 Å². The summed E-state index contributed by atoms with van der Waals surface area (Å²) in [7, 11) is 0. The second kappa shape index (κ2) is 5.39. The van der Waals surface area contributed by atoms with E-state index < -0.39 is 12.4 Å². The average molecular weight is 239 g/mol. The van der Waals surface area contributed by atoms with Gasteiger partial charge in [0, 0.05) is 5.56 Å². The summed E-state index contributed by atoms with van der Waals surface area (Å²) in [6.07, 6.45) is -2.62. The van der Waals surface area contributed by atoms with Gasteiger partial charge >= 0.3 is 5.97 Å². The molecule has 0 atom stereocenters. The van der Waals surface area contributed by atoms with Crippen LogP contribution in [0, 0.1) is 11.3 Å². The molecular formula is C12H11F2NO2. The van der Waals surface area contributed by atoms with Crippen LogP contribution in [0.3, 0.4) is 0 Å². The third kappa shape index (κ3) is 3.00. The van der Waals surface area contributed by atoms with Crippen LogP contribution >= 0.6 is 0 Å². The fourth-order valence-corrected chi connectivity index (χ4v) is 1.72. The zero-order valence-electron chi connectivity index (χ0n) is 9.20. The Hall–Kier alpha value is -1.96. The molecule has 0 fully saturated rings. The molecule has 5 heteroatoms. The summed E-state index contributed by atoms with van der Waals surface area (Å²) in [5, 5.41) is 17.6. The van der Waals surface area contributed by atoms with Gasteiger partial charge in [0.2, 0.25) is 0 Å². The SMILES string of the molecule is CCc1c(C#N)cc(C(F)F)cc1CC(=O)O. The summed E-state index contributed by atoms with van der Waals surface area (Å²) in [6, 6.07) is 4.11. The quantitative estimate of drug-likeness (QED) is 0.878. The fraction of sp³-hybridized carbons (Fsp3) is 0.333. The van der Waals surface area contributed by atoms with E-state index in [2.05, 4.69) is 0 Å². The lowest BCUT2D eigenvalue weighted by Crippen LogP contribution is -2.06. The van der Waals surface area contributed by atoms with Crippen LogP contribution in [-0.4, -0.2) is 11.1 Å². The van der Waals surface area contributed by atoms with Gasteiger partial charge in [-0.05, 0) is 29.7 Å². The van der Waals surface area contributed by atoms with Crippen molar-refractivity contribution in [2.24, 2.45) is 0 Å². The van der Waals surface area contributed by atoms with Crippen molar-refractivity contribution in [3.05, 3.63) is 34.4 Å². The lowest BCUT2D eigenvalue weighted by Gasteiger charge is -2.11. The van der Waals surface area contributed by atoms with E-state index in [-0.39, 0.29) is 23.1 Å². The molecule has 0 amide bonds. The summed E-state index contributed by atoms with van der Waals surface area (Å²) in [6.45, 7) is 1.75. The van der Waals surface area contributed by atoms with Crippen molar-refractivity contribution in [2.45, 2.75) is 26.2 Å². The van der Waals surface area contributed by atoms with E-state index in [0.29, 0.717) is 12.0 Å². The second-order valence-corrected chi connectivity index (χ2v) is 3.54. The summed E-state index contributed by atoms with van der Waals surface area (Å²) in [4.78, 5) is 10.6. The minimum atomic E-state index is -2.71. The topological polar surface area (TPSA) is 61.1 Å². The minimum Gasteiger partial charge on any atom is -0.481 e. The van der Waals surface area contributed by atoms with Gasteiger partial charge in [-0.15, -0.1) is 0 Å². The summed E-state index contributed by atoms with van der Waals surface area (Å²) in [5.74, 6) is -1.10. The molecule has 0 aliphatic rings. The molecule has 0 radical (unpaired) electrons. The van der Waals surface area contributed by atoms with Crippen molar-refractivity contribution in [1.82, 2.24) is 0 Å². The third-order valence-electron chi connectivity index (χ3n) is 2.43. The number of nitrogens with zero attached hydrogens (tertiary/aromatic N) is 1. The molecule has 1 N–H and O–H groups in total. The molecule has 1 aromatic carbocycles. The third-order valence-corrected chi connectivity index (χ3v) is 2.43. The van der Waals surface area contributed by atoms with Crippen LogP contribution in [0.5, 0.6) is 0 Å². The molecule has 90 valence electrons. The van der Waals surface area contributed by atoms with Gasteiger partial charge in [-0.3, -0.25) is 4.79 Å². The Kier molecular flexibility index (Phi) is 4.16. The average Bonchev–Trinajstić information content (AvgIpc) is 2.26. The van der Waals surface area contributed by atoms with Gasteiger partial charge in [-0.2, -0.15) is 5.26 Å². The predicted molar refractivity (Wildman–Crippen MR) is 56.8 cm³/mol. The van der Waals surface area contributed by atoms with Gasteiger partial charge < -0.3 is 5.11 Å². The van der Waals surface area contributed by atoms with Crippen LogP contribution in [-0.2, 0) is 17.6 Å². The molecule has 1 aromatic rings. The molecule has 0 bridgehead atoms. The number of aliphatic carboxylic acids is 1. The first-order valence-corrected chi connectivity index (χ1v) is 5.05. The van der Waals surface area contributed by atoms with Gasteiger partial charge in [0.15, 0.2) is 0 Å². The van der Waals surface area contributed by atoms with E-state index in [1.807, 2.05) is 6.07 Å². The highest BCUT2D eigenvalue weighted by atomic mass is 19.3. The van der Waals surface area contributed by atoms with Crippen LogP contribution in [0.4, 0.5) is 8.78 Å². The van der Waals surface area contributed by atoms with Crippen LogP contribution in [0.1, 0.15) is 35.6 Å². The first-order chi connectivity index (χ1) is 7.99. The largest absolute Gasteiger partial charge is 0.481 e. The number of carboxylic acid groups (broad SMARTS) is 1. The molecule has 0 spiro atoms. The van der Waals surface area contributed by atoms with Crippen LogP contribution in [0.15, 0.2) is 12.1 Å². The Balaban J connectivity index is 3.38. The van der Waals surface area contributed by atoms with E-state index in [1.165, 1.54) is 6.07 Å². The maximum absolute atomic E-state index is 12.6. The van der Waals surface area contributed by atoms with E-state index in [0.717, 1.165) is 6.07 Å². The van der Waals surface area contributed by atoms with Gasteiger partial charge in [0.05, 0.1) is 18.1 Å². The Morgan fingerprint density at radius 3 is 2.59 bits per heavy atom. The zero-order chi connectivity index (χ0) is 13.0. The highest BCUT2D eigenvalue weighted by Gasteiger charge is 2.16. The Labute approximate surface area is 97.3 Å². The highest BCUT2D eigenvalue weighted by molar-refractivity contribution is 5.71. The molecule has 0 aliphatic heterocycles. The van der Waals surface area contributed by atoms with Gasteiger partial charge in [-0.1, -0.05) is 6.92 Å². The first kappa shape index (κ1) is 13.1. The molecule has 17 heavy (non-hydrogen) atoms. The smallest absolute Gasteiger partial charge is 0.307 e. The number of hydrogen-bond acceptors (Lipinski definition) is 2. The number of hydrogen-bond donors (Lipinski definition) is 1. The number of carboxylic acids is 1. The van der Waals surface area contributed by atoms with Crippen molar-refractivity contribution >= 4 is 5.97 Å². The van der Waals surface area contributed by atoms with Crippen molar-refractivity contribution in [2.75, 3.05) is 0 Å². The summed E-state index contributed by atoms with van der Waals surface area (Å²) < 4.78 is 25.2. The van der Waals surface area contributed by atoms with Crippen molar-refractivity contribution in [1.29, 1.82) is 5.26 Å². The van der Waals surface area contributed by atoms with Gasteiger partial charge in [0.25, 0.3) is 6.43 Å². The lowest BCUT2D eigenvalue weighted by molar-refractivity contribution is -0.136. The van der Waals surface area contributed by atoms with Gasteiger partial charge in [0.1, 0.15) is 0 Å². The maximum atomic E-state index is 12.6. The summed E-state index contributed by atoms with van der Waals surface area (Å²) in [5.41, 5.74) is 0.630. The number of alkyl halides is 2. The van der Waals surface area contributed by atoms with E-state index in [9.17, 15) is 13.6 Å². The molecule has 0 saturated heterocycles. The number of nitriles is 1. The van der Waals surface area contributed by atoms with Crippen molar-refractivity contribution in [3.8, 4) is 6.07 Å². The molecule has 0 unspecified atom stereocenters. The molecule has 1 rings (SSSR count). The monoisotopic (exact) mass is 239 g/mol. The number of halogens is 2. The molecule has 0 aromatic heterocycles. The van der Waals surface area contributed by atoms with Crippen molar-refractivity contribution in [3.63, 3.8) is 0 Å². The van der Waals surface area contributed by atoms with E-state index >= 15 is 0 Å². The normalized spacial score (nSPS) is 10.3. The maximum Gasteiger partial charge on any atom is 0.307 e. The number of carbonyl (C=O) groups is 1. The zero-order valence-corrected chi connectivity index (χ0v) is 9.20. The molecule has 0 aliphatic carbocycles. The Morgan fingerprint density at radius 1 is 1.53 bits per heavy atom. The molecular weight excluding hydrogens is 228 g/mol. The Bertz CT molecular complexity index is 478. The number of benzene rings is 1. The molecule has 3 nitrogen and oxygen atoms in total. The molecule has 0 saturated carbocycles. The predicted octanol–water partition coefficient (Wildman–Crippen LogP) is 2.69. The lowest BCUT2D eigenvalue weighted by atomic mass is 9.94. The first-order valence-electron chi connectivity index (χ1n) is 5.05. The number of rotatable bonds is 4. The molecule has 0 heterocycles. The standard InChI is InChI=1S/C12H11F2NO2/c1-2-10-7(5-11(16)17)3-8(12(13)14)4-9(10)6-15/h3-4,12H,2,5H2,1H3,(H,16,17). The van der Waals surface area contributed by atoms with E-state index in [4.69, 9.17) is 10.4 Å². The summed E-state index contributed by atoms with van der Waals surface area (Å²) >= 11 is 0. The highest BCUT2D eigenvalue weighted by Crippen LogP contribution is 2.25. The minimum absolute atomic E-state index is 0.126. The van der Waals surface area contributed by atoms with Crippen molar-refractivity contribution < 1.29 is 18.7 Å². The van der Waals surface area contributed by atoms with Crippen LogP contribution in [0.2, 0.25) is 0 Å².